The minimum atomic E-state index is 0.284. The van der Waals surface area contributed by atoms with Crippen molar-refractivity contribution >= 4 is 0 Å². The van der Waals surface area contributed by atoms with E-state index in [1.54, 1.807) is 0 Å². The second-order valence-electron chi connectivity index (χ2n) is 6.03. The summed E-state index contributed by atoms with van der Waals surface area (Å²) in [5, 5.41) is 0. The Morgan fingerprint density at radius 1 is 0.737 bits per heavy atom. The molecular weight excluding hydrogens is 236 g/mol. The molecule has 2 saturated heterocycles. The maximum Gasteiger partial charge on any atom is 0.115 e. The minimum absolute atomic E-state index is 0.284. The topological polar surface area (TPSA) is 25.1 Å². The van der Waals surface area contributed by atoms with Gasteiger partial charge in [-0.2, -0.15) is 0 Å². The third-order valence-electron chi connectivity index (χ3n) is 5.06. The Balaban J connectivity index is 1.86. The average Bonchev–Trinajstić information content (AvgIpc) is 3.31. The number of benzene rings is 2. The van der Waals surface area contributed by atoms with Crippen LogP contribution in [0.5, 0.6) is 0 Å². The van der Waals surface area contributed by atoms with Crippen molar-refractivity contribution in [3.63, 3.8) is 0 Å². The van der Waals surface area contributed by atoms with Crippen molar-refractivity contribution in [2.75, 3.05) is 0 Å². The molecule has 0 bridgehead atoms. The monoisotopic (exact) mass is 248 g/mol. The molecule has 0 unspecified atom stereocenters. The Morgan fingerprint density at radius 3 is 2.16 bits per heavy atom. The predicted octanol–water partition coefficient (Wildman–Crippen LogP) is 3.91. The minimum Gasteiger partial charge on any atom is -0.359 e. The van der Waals surface area contributed by atoms with Crippen LogP contribution < -0.4 is 0 Å². The average molecular weight is 248 g/mol. The van der Waals surface area contributed by atoms with Crippen LogP contribution in [0.1, 0.15) is 52.2 Å². The maximum absolute atomic E-state index is 5.96. The normalized spacial score (nSPS) is 34.2. The van der Waals surface area contributed by atoms with Gasteiger partial charge in [0.05, 0.1) is 0 Å². The lowest BCUT2D eigenvalue weighted by Gasteiger charge is -2.26. The summed E-state index contributed by atoms with van der Waals surface area (Å²) >= 11 is 0. The van der Waals surface area contributed by atoms with Gasteiger partial charge in [-0.05, 0) is 45.9 Å². The van der Waals surface area contributed by atoms with E-state index in [4.69, 9.17) is 9.47 Å². The molecule has 4 aliphatic rings. The maximum atomic E-state index is 5.96. The molecule has 0 spiro atoms. The standard InChI is InChI=1S/C17H12O2/c1-7-5-6-10-13-11(7)17-16(19-17)9-4-2-3-8(12(9)13)14-15(10)18-14/h2-6,14-17H,1H3/t14-,15+,16-,17+/m1/s1. The molecule has 2 heterocycles. The van der Waals surface area contributed by atoms with Gasteiger partial charge in [0.1, 0.15) is 24.4 Å². The van der Waals surface area contributed by atoms with E-state index >= 15 is 0 Å². The molecule has 2 aliphatic carbocycles. The van der Waals surface area contributed by atoms with Gasteiger partial charge in [0.2, 0.25) is 0 Å². The van der Waals surface area contributed by atoms with Crippen LogP contribution >= 0.6 is 0 Å². The lowest BCUT2D eigenvalue weighted by molar-refractivity contribution is 0.375. The van der Waals surface area contributed by atoms with Gasteiger partial charge in [-0.3, -0.25) is 0 Å². The zero-order valence-electron chi connectivity index (χ0n) is 10.5. The van der Waals surface area contributed by atoms with Crippen molar-refractivity contribution in [2.24, 2.45) is 0 Å². The predicted molar refractivity (Wildman–Crippen MR) is 69.7 cm³/mol. The number of fused-ring (bicyclic) bond motifs is 6. The second-order valence-corrected chi connectivity index (χ2v) is 6.03. The third kappa shape index (κ3) is 0.896. The molecule has 2 aromatic rings. The fraction of sp³-hybridized carbons (Fsp3) is 0.294. The Kier molecular flexibility index (Phi) is 1.28. The first-order valence-corrected chi connectivity index (χ1v) is 6.92. The van der Waals surface area contributed by atoms with Gasteiger partial charge in [0.25, 0.3) is 0 Å². The first kappa shape index (κ1) is 9.29. The summed E-state index contributed by atoms with van der Waals surface area (Å²) in [5.74, 6) is 0. The lowest BCUT2D eigenvalue weighted by Crippen LogP contribution is -2.10. The van der Waals surface area contributed by atoms with Crippen LogP contribution in [-0.2, 0) is 9.47 Å². The number of hydrogen-bond acceptors (Lipinski definition) is 2. The van der Waals surface area contributed by atoms with Crippen molar-refractivity contribution in [1.82, 2.24) is 0 Å². The zero-order chi connectivity index (χ0) is 12.3. The Hall–Kier alpha value is -1.64. The molecule has 0 N–H and O–H groups in total. The van der Waals surface area contributed by atoms with Gasteiger partial charge in [0.15, 0.2) is 0 Å². The molecule has 2 aromatic carbocycles. The largest absolute Gasteiger partial charge is 0.359 e. The summed E-state index contributed by atoms with van der Waals surface area (Å²) < 4.78 is 11.9. The van der Waals surface area contributed by atoms with E-state index in [-0.39, 0.29) is 24.4 Å². The summed E-state index contributed by atoms with van der Waals surface area (Å²) in [5.41, 5.74) is 9.71. The first-order valence-electron chi connectivity index (χ1n) is 6.92. The Labute approximate surface area is 111 Å². The molecule has 0 aromatic heterocycles. The van der Waals surface area contributed by atoms with E-state index in [1.807, 2.05) is 0 Å². The molecule has 6 rings (SSSR count). The highest BCUT2D eigenvalue weighted by atomic mass is 16.6. The molecule has 0 radical (unpaired) electrons. The smallest absolute Gasteiger partial charge is 0.115 e. The number of aryl methyl sites for hydroxylation is 1. The van der Waals surface area contributed by atoms with E-state index < -0.39 is 0 Å². The first-order chi connectivity index (χ1) is 9.34. The van der Waals surface area contributed by atoms with E-state index in [2.05, 4.69) is 37.3 Å². The highest BCUT2D eigenvalue weighted by Gasteiger charge is 2.56. The third-order valence-corrected chi connectivity index (χ3v) is 5.06. The second kappa shape index (κ2) is 2.62. The van der Waals surface area contributed by atoms with Gasteiger partial charge in [0, 0.05) is 0 Å². The molecule has 19 heavy (non-hydrogen) atoms. The summed E-state index contributed by atoms with van der Waals surface area (Å²) in [7, 11) is 0. The van der Waals surface area contributed by atoms with Crippen LogP contribution in [-0.4, -0.2) is 0 Å². The molecule has 2 fully saturated rings. The SMILES string of the molecule is Cc1ccc2c3c1[C@@H]1O[C@@H]1c1cccc(c1-3)[C@H]1O[C@@H]21. The number of hydrogen-bond donors (Lipinski definition) is 0. The van der Waals surface area contributed by atoms with E-state index in [0.717, 1.165) is 0 Å². The van der Waals surface area contributed by atoms with Crippen molar-refractivity contribution < 1.29 is 9.47 Å². The molecule has 2 aliphatic heterocycles. The fourth-order valence-corrected chi connectivity index (χ4v) is 4.13. The number of epoxide rings is 2. The quantitative estimate of drug-likeness (QED) is 0.660. The summed E-state index contributed by atoms with van der Waals surface area (Å²) in [6, 6.07) is 11.1. The van der Waals surface area contributed by atoms with Crippen molar-refractivity contribution in [1.29, 1.82) is 0 Å². The lowest BCUT2D eigenvalue weighted by atomic mass is 9.74. The highest BCUT2D eigenvalue weighted by Crippen LogP contribution is 2.68. The van der Waals surface area contributed by atoms with Gasteiger partial charge in [-0.15, -0.1) is 0 Å². The number of ether oxygens (including phenoxy) is 2. The Bertz CT molecular complexity index is 763. The van der Waals surface area contributed by atoms with E-state index in [9.17, 15) is 0 Å². The van der Waals surface area contributed by atoms with Crippen LogP contribution in [0.25, 0.3) is 11.1 Å². The van der Waals surface area contributed by atoms with E-state index in [1.165, 1.54) is 38.9 Å². The van der Waals surface area contributed by atoms with Gasteiger partial charge < -0.3 is 9.47 Å². The van der Waals surface area contributed by atoms with Gasteiger partial charge >= 0.3 is 0 Å². The van der Waals surface area contributed by atoms with Crippen LogP contribution in [0.4, 0.5) is 0 Å². The fourth-order valence-electron chi connectivity index (χ4n) is 4.13. The highest BCUT2D eigenvalue weighted by molar-refractivity contribution is 5.85. The molecule has 2 heteroatoms. The molecular formula is C17H12O2. The van der Waals surface area contributed by atoms with Crippen molar-refractivity contribution in [3.8, 4) is 11.1 Å². The van der Waals surface area contributed by atoms with Crippen molar-refractivity contribution in [2.45, 2.75) is 31.3 Å². The van der Waals surface area contributed by atoms with Crippen LogP contribution in [0.15, 0.2) is 30.3 Å². The summed E-state index contributed by atoms with van der Waals surface area (Å²) in [6.45, 7) is 2.20. The Morgan fingerprint density at radius 2 is 1.37 bits per heavy atom. The van der Waals surface area contributed by atoms with Gasteiger partial charge in [-0.1, -0.05) is 30.3 Å². The molecule has 2 nitrogen and oxygen atoms in total. The summed E-state index contributed by atoms with van der Waals surface area (Å²) in [6.07, 6.45) is 1.14. The van der Waals surface area contributed by atoms with Crippen LogP contribution in [0.3, 0.4) is 0 Å². The molecule has 4 atom stereocenters. The zero-order valence-corrected chi connectivity index (χ0v) is 10.5. The van der Waals surface area contributed by atoms with E-state index in [0.29, 0.717) is 0 Å². The molecule has 0 amide bonds. The molecule has 0 saturated carbocycles. The molecule has 92 valence electrons. The van der Waals surface area contributed by atoms with Crippen molar-refractivity contribution in [3.05, 3.63) is 58.1 Å². The van der Waals surface area contributed by atoms with Crippen LogP contribution in [0, 0.1) is 6.92 Å². The van der Waals surface area contributed by atoms with Gasteiger partial charge in [-0.25, -0.2) is 0 Å². The summed E-state index contributed by atoms with van der Waals surface area (Å²) in [4.78, 5) is 0. The van der Waals surface area contributed by atoms with Crippen LogP contribution in [0.2, 0.25) is 0 Å². The number of rotatable bonds is 0.